The number of anilines is 3. The van der Waals surface area contributed by atoms with Gasteiger partial charge in [0.05, 0.1) is 18.3 Å². The van der Waals surface area contributed by atoms with E-state index in [0.29, 0.717) is 22.8 Å². The van der Waals surface area contributed by atoms with Crippen LogP contribution in [-0.4, -0.2) is 52.5 Å². The number of ether oxygens (including phenoxy) is 1. The zero-order chi connectivity index (χ0) is 25.5. The molecule has 4 aromatic rings. The maximum atomic E-state index is 12.6. The smallest absolute Gasteiger partial charge is 0.248 e. The molecule has 3 heterocycles. The molecule has 2 N–H and O–H groups in total. The lowest BCUT2D eigenvalue weighted by Crippen LogP contribution is -2.19. The molecule has 0 spiro atoms. The summed E-state index contributed by atoms with van der Waals surface area (Å²) in [5, 5.41) is 7.10. The Morgan fingerprint density at radius 3 is 2.65 bits per heavy atom. The van der Waals surface area contributed by atoms with Crippen LogP contribution in [0.15, 0.2) is 79.3 Å². The van der Waals surface area contributed by atoms with E-state index in [4.69, 9.17) is 4.74 Å². The van der Waals surface area contributed by atoms with Gasteiger partial charge in [-0.05, 0) is 61.8 Å². The van der Waals surface area contributed by atoms with Gasteiger partial charge in [-0.25, -0.2) is 9.97 Å². The third-order valence-electron chi connectivity index (χ3n) is 6.37. The van der Waals surface area contributed by atoms with Crippen molar-refractivity contribution < 1.29 is 9.53 Å². The van der Waals surface area contributed by atoms with Gasteiger partial charge in [0.15, 0.2) is 0 Å². The molecule has 0 aliphatic carbocycles. The molecule has 0 atom stereocenters. The van der Waals surface area contributed by atoms with Crippen molar-refractivity contribution in [3.63, 3.8) is 0 Å². The van der Waals surface area contributed by atoms with Gasteiger partial charge in [0.1, 0.15) is 17.9 Å². The third-order valence-corrected chi connectivity index (χ3v) is 6.37. The largest absolute Gasteiger partial charge is 0.494 e. The van der Waals surface area contributed by atoms with Crippen LogP contribution in [-0.2, 0) is 11.2 Å². The van der Waals surface area contributed by atoms with Gasteiger partial charge in [-0.3, -0.25) is 14.7 Å². The van der Waals surface area contributed by atoms with Gasteiger partial charge in [-0.15, -0.1) is 0 Å². The third kappa shape index (κ3) is 6.29. The number of pyridine rings is 1. The Hall–Kier alpha value is -4.30. The summed E-state index contributed by atoms with van der Waals surface area (Å²) in [7, 11) is 1.58. The molecule has 37 heavy (non-hydrogen) atoms. The average molecular weight is 495 g/mol. The lowest BCUT2D eigenvalue weighted by molar-refractivity contribution is -0.111. The van der Waals surface area contributed by atoms with Crippen molar-refractivity contribution in [2.75, 3.05) is 37.4 Å². The summed E-state index contributed by atoms with van der Waals surface area (Å²) in [5.41, 5.74) is 4.37. The van der Waals surface area contributed by atoms with Crippen molar-refractivity contribution in [2.45, 2.75) is 19.3 Å². The number of benzene rings is 2. The van der Waals surface area contributed by atoms with Crippen molar-refractivity contribution in [1.29, 1.82) is 0 Å². The first kappa shape index (κ1) is 24.4. The number of carbonyl (C=O) groups excluding carboxylic acids is 1. The number of carbonyl (C=O) groups is 1. The molecule has 1 fully saturated rings. The molecule has 0 bridgehead atoms. The van der Waals surface area contributed by atoms with Crippen LogP contribution in [0.3, 0.4) is 0 Å². The maximum absolute atomic E-state index is 12.6. The number of likely N-dealkylation sites (tertiary alicyclic amines) is 1. The molecular weight excluding hydrogens is 464 g/mol. The first-order valence-corrected chi connectivity index (χ1v) is 12.5. The van der Waals surface area contributed by atoms with E-state index in [0.717, 1.165) is 42.8 Å². The number of hydrogen-bond donors (Lipinski definition) is 2. The van der Waals surface area contributed by atoms with Crippen molar-refractivity contribution in [2.24, 2.45) is 0 Å². The van der Waals surface area contributed by atoms with Crippen molar-refractivity contribution in [3.05, 3.63) is 90.5 Å². The highest BCUT2D eigenvalue weighted by Crippen LogP contribution is 2.33. The molecule has 5 rings (SSSR count). The van der Waals surface area contributed by atoms with Crippen LogP contribution in [0.1, 0.15) is 24.1 Å². The van der Waals surface area contributed by atoms with E-state index in [9.17, 15) is 4.79 Å². The summed E-state index contributed by atoms with van der Waals surface area (Å²) < 4.78 is 5.53. The van der Waals surface area contributed by atoms with E-state index in [-0.39, 0.29) is 5.91 Å². The predicted octanol–water partition coefficient (Wildman–Crippen LogP) is 4.96. The minimum absolute atomic E-state index is 0.202. The summed E-state index contributed by atoms with van der Waals surface area (Å²) >= 11 is 0. The molecule has 188 valence electrons. The Morgan fingerprint density at radius 1 is 1.05 bits per heavy atom. The molecule has 0 saturated carbocycles. The van der Waals surface area contributed by atoms with E-state index in [1.54, 1.807) is 13.2 Å². The van der Waals surface area contributed by atoms with E-state index in [2.05, 4.69) is 42.6 Å². The second-order valence-corrected chi connectivity index (χ2v) is 9.01. The highest BCUT2D eigenvalue weighted by molar-refractivity contribution is 6.03. The van der Waals surface area contributed by atoms with E-state index in [1.807, 2.05) is 54.7 Å². The zero-order valence-electron chi connectivity index (χ0n) is 20.9. The van der Waals surface area contributed by atoms with Gasteiger partial charge < -0.3 is 15.4 Å². The van der Waals surface area contributed by atoms with Crippen LogP contribution in [0.25, 0.3) is 10.9 Å². The van der Waals surface area contributed by atoms with Crippen LogP contribution >= 0.6 is 0 Å². The maximum Gasteiger partial charge on any atom is 0.248 e. The summed E-state index contributed by atoms with van der Waals surface area (Å²) in [6.07, 6.45) is 10.0. The first-order valence-electron chi connectivity index (χ1n) is 12.5. The molecule has 1 saturated heterocycles. The normalized spacial score (nSPS) is 13.8. The molecule has 1 aliphatic heterocycles. The number of methoxy groups -OCH3 is 1. The van der Waals surface area contributed by atoms with Gasteiger partial charge in [0, 0.05) is 48.1 Å². The quantitative estimate of drug-likeness (QED) is 0.318. The molecule has 8 heteroatoms. The molecule has 2 aromatic carbocycles. The summed E-state index contributed by atoms with van der Waals surface area (Å²) in [6.45, 7) is 2.96. The van der Waals surface area contributed by atoms with Crippen LogP contribution in [0.5, 0.6) is 5.75 Å². The Bertz CT molecular complexity index is 1380. The average Bonchev–Trinajstić information content (AvgIpc) is 3.44. The zero-order valence-corrected chi connectivity index (χ0v) is 20.9. The minimum atomic E-state index is -0.202. The number of amides is 1. The second-order valence-electron chi connectivity index (χ2n) is 9.01. The molecule has 0 radical (unpaired) electrons. The van der Waals surface area contributed by atoms with Crippen LogP contribution in [0, 0.1) is 0 Å². The highest BCUT2D eigenvalue weighted by Gasteiger charge is 2.13. The monoisotopic (exact) mass is 494 g/mol. The Morgan fingerprint density at radius 2 is 1.89 bits per heavy atom. The summed E-state index contributed by atoms with van der Waals surface area (Å²) in [5.74, 6) is 0.981. The van der Waals surface area contributed by atoms with Gasteiger partial charge in [0.25, 0.3) is 0 Å². The first-order chi connectivity index (χ1) is 18.2. The van der Waals surface area contributed by atoms with Gasteiger partial charge in [0.2, 0.25) is 5.91 Å². The fourth-order valence-corrected chi connectivity index (χ4v) is 4.45. The fraction of sp³-hybridized carbons (Fsp3) is 0.241. The molecule has 1 amide bonds. The van der Waals surface area contributed by atoms with Crippen molar-refractivity contribution in [3.8, 4) is 5.75 Å². The Labute approximate surface area is 216 Å². The van der Waals surface area contributed by atoms with Crippen molar-refractivity contribution >= 4 is 34.0 Å². The molecule has 0 unspecified atom stereocenters. The number of aromatic nitrogens is 3. The SMILES string of the molecule is COc1cc2ncnc(Nc3ccc(Cc4ccccn4)cc3)c2cc1NC(=O)C=CCN1CCCC1. The van der Waals surface area contributed by atoms with Gasteiger partial charge >= 0.3 is 0 Å². The Balaban J connectivity index is 1.32. The number of nitrogens with zero attached hydrogens (tertiary/aromatic N) is 4. The van der Waals surface area contributed by atoms with Gasteiger partial charge in [-0.1, -0.05) is 24.3 Å². The van der Waals surface area contributed by atoms with Crippen LogP contribution in [0.2, 0.25) is 0 Å². The lowest BCUT2D eigenvalue weighted by Gasteiger charge is -2.14. The Kier molecular flexibility index (Phi) is 7.66. The second kappa shape index (κ2) is 11.6. The number of nitrogens with one attached hydrogen (secondary N) is 2. The number of hydrogen-bond acceptors (Lipinski definition) is 7. The van der Waals surface area contributed by atoms with E-state index in [1.165, 1.54) is 24.7 Å². The standard InChI is InChI=1S/C29H30N6O2/c1-37-27-19-25-24(18-26(27)34-28(36)8-6-16-35-14-4-5-15-35)29(32-20-31-25)33-22-11-9-21(10-12-22)17-23-7-2-3-13-30-23/h2-3,6-13,18-20H,4-5,14-17H2,1H3,(H,34,36)(H,31,32,33). The number of fused-ring (bicyclic) bond motifs is 1. The predicted molar refractivity (Wildman–Crippen MR) is 146 cm³/mol. The molecular formula is C29H30N6O2. The van der Waals surface area contributed by atoms with E-state index < -0.39 is 0 Å². The summed E-state index contributed by atoms with van der Waals surface area (Å²) in [6, 6.07) is 17.8. The van der Waals surface area contributed by atoms with Crippen LogP contribution in [0.4, 0.5) is 17.2 Å². The highest BCUT2D eigenvalue weighted by atomic mass is 16.5. The summed E-state index contributed by atoms with van der Waals surface area (Å²) in [4.78, 5) is 28.2. The molecule has 2 aromatic heterocycles. The van der Waals surface area contributed by atoms with Gasteiger partial charge in [-0.2, -0.15) is 0 Å². The van der Waals surface area contributed by atoms with Crippen molar-refractivity contribution in [1.82, 2.24) is 19.9 Å². The van der Waals surface area contributed by atoms with Crippen LogP contribution < -0.4 is 15.4 Å². The van der Waals surface area contributed by atoms with E-state index >= 15 is 0 Å². The minimum Gasteiger partial charge on any atom is -0.494 e. The number of rotatable bonds is 9. The lowest BCUT2D eigenvalue weighted by atomic mass is 10.1. The topological polar surface area (TPSA) is 92.3 Å². The molecule has 8 nitrogen and oxygen atoms in total. The molecule has 1 aliphatic rings. The fourth-order valence-electron chi connectivity index (χ4n) is 4.45.